The lowest BCUT2D eigenvalue weighted by Crippen LogP contribution is -2.12. The van der Waals surface area contributed by atoms with Gasteiger partial charge in [0, 0.05) is 11.1 Å². The van der Waals surface area contributed by atoms with Gasteiger partial charge in [0.05, 0.1) is 9.85 Å². The summed E-state index contributed by atoms with van der Waals surface area (Å²) in [6.07, 6.45) is 0. The number of amides is 1. The highest BCUT2D eigenvalue weighted by atomic mass is 35.5. The van der Waals surface area contributed by atoms with E-state index in [9.17, 15) is 13.2 Å². The third-order valence-electron chi connectivity index (χ3n) is 2.86. The van der Waals surface area contributed by atoms with Gasteiger partial charge in [-0.3, -0.25) is 14.6 Å². The minimum absolute atomic E-state index is 0.0511. The number of hydrogen-bond donors (Lipinski definition) is 3. The van der Waals surface area contributed by atoms with Crippen molar-refractivity contribution in [3.05, 3.63) is 40.4 Å². The van der Waals surface area contributed by atoms with E-state index < -0.39 is 15.9 Å². The van der Waals surface area contributed by atoms with Crippen molar-refractivity contribution in [3.8, 4) is 0 Å². The van der Waals surface area contributed by atoms with Gasteiger partial charge in [-0.2, -0.15) is 5.10 Å². The van der Waals surface area contributed by atoms with Gasteiger partial charge in [-0.05, 0) is 30.3 Å². The number of nitrogens with zero attached hydrogens (tertiary/aromatic N) is 1. The summed E-state index contributed by atoms with van der Waals surface area (Å²) in [7, 11) is -3.74. The normalized spacial score (nSPS) is 11.7. The van der Waals surface area contributed by atoms with E-state index in [2.05, 4.69) is 14.9 Å². The number of hydrogen-bond acceptors (Lipinski definition) is 5. The first-order valence-corrected chi connectivity index (χ1v) is 8.61. The molecule has 3 aromatic rings. The molecule has 2 aromatic heterocycles. The van der Waals surface area contributed by atoms with E-state index in [1.54, 1.807) is 12.1 Å². The number of nitrogens with two attached hydrogens (primary N) is 1. The summed E-state index contributed by atoms with van der Waals surface area (Å²) < 4.78 is 27.4. The summed E-state index contributed by atoms with van der Waals surface area (Å²) in [5.41, 5.74) is 6.15. The van der Waals surface area contributed by atoms with Gasteiger partial charge >= 0.3 is 0 Å². The Hall–Kier alpha value is -2.10. The molecule has 114 valence electrons. The van der Waals surface area contributed by atoms with Crippen LogP contribution < -0.4 is 10.5 Å². The van der Waals surface area contributed by atoms with Crippen molar-refractivity contribution in [2.24, 2.45) is 5.73 Å². The predicted molar refractivity (Wildman–Crippen MR) is 84.7 cm³/mol. The molecule has 0 spiro atoms. The molecule has 0 aliphatic heterocycles. The average molecular weight is 357 g/mol. The molecule has 0 unspecified atom stereocenters. The fraction of sp³-hybridized carbons (Fsp3) is 0. The van der Waals surface area contributed by atoms with Gasteiger partial charge in [-0.15, -0.1) is 11.3 Å². The lowest BCUT2D eigenvalue weighted by Gasteiger charge is -2.06. The first-order valence-electron chi connectivity index (χ1n) is 5.93. The molecule has 4 N–H and O–H groups in total. The van der Waals surface area contributed by atoms with E-state index >= 15 is 0 Å². The zero-order chi connectivity index (χ0) is 15.9. The second-order valence-corrected chi connectivity index (χ2v) is 7.99. The minimum Gasteiger partial charge on any atom is -0.364 e. The smallest absolute Gasteiger partial charge is 0.271 e. The van der Waals surface area contributed by atoms with Gasteiger partial charge in [0.2, 0.25) is 0 Å². The van der Waals surface area contributed by atoms with Gasteiger partial charge < -0.3 is 5.73 Å². The third-order valence-corrected chi connectivity index (χ3v) is 5.97. The van der Waals surface area contributed by atoms with Crippen LogP contribution in [0, 0.1) is 0 Å². The van der Waals surface area contributed by atoms with Crippen molar-refractivity contribution in [2.45, 2.75) is 4.21 Å². The number of carbonyl (C=O) groups excluding carboxylic acids is 1. The summed E-state index contributed by atoms with van der Waals surface area (Å²) in [5, 5.41) is 6.89. The summed E-state index contributed by atoms with van der Waals surface area (Å²) in [6, 6.07) is 7.57. The molecule has 0 radical (unpaired) electrons. The van der Waals surface area contributed by atoms with Crippen molar-refractivity contribution in [3.63, 3.8) is 0 Å². The summed E-state index contributed by atoms with van der Waals surface area (Å²) >= 11 is 6.70. The Morgan fingerprint density at radius 2 is 2.09 bits per heavy atom. The van der Waals surface area contributed by atoms with Crippen LogP contribution in [0.25, 0.3) is 10.9 Å². The molecule has 0 saturated heterocycles. The molecule has 3 rings (SSSR count). The Morgan fingerprint density at radius 3 is 2.73 bits per heavy atom. The van der Waals surface area contributed by atoms with Gasteiger partial charge in [0.1, 0.15) is 4.21 Å². The van der Waals surface area contributed by atoms with Crippen LogP contribution in [0.3, 0.4) is 0 Å². The average Bonchev–Trinajstić information content (AvgIpc) is 3.04. The highest BCUT2D eigenvalue weighted by molar-refractivity contribution is 7.94. The van der Waals surface area contributed by atoms with Gasteiger partial charge in [0.15, 0.2) is 5.69 Å². The van der Waals surface area contributed by atoms with Gasteiger partial charge in [0.25, 0.3) is 15.9 Å². The first-order chi connectivity index (χ1) is 10.4. The fourth-order valence-corrected chi connectivity index (χ4v) is 4.45. The Morgan fingerprint density at radius 1 is 1.32 bits per heavy atom. The standard InChI is InChI=1S/C12H9ClN4O3S2/c13-9-3-4-10(21-9)22(19,20)17-6-1-2-8-7(5-6)11(12(14)18)16-15-8/h1-5,17H,(H2,14,18)(H,15,16). The number of aromatic nitrogens is 2. The predicted octanol–water partition coefficient (Wildman–Crippen LogP) is 2.18. The van der Waals surface area contributed by atoms with Crippen molar-refractivity contribution >= 4 is 55.5 Å². The summed E-state index contributed by atoms with van der Waals surface area (Å²) in [5.74, 6) is -0.698. The number of rotatable bonds is 4. The lowest BCUT2D eigenvalue weighted by molar-refractivity contribution is 0.0997. The number of halogens is 1. The molecule has 0 aliphatic carbocycles. The second-order valence-electron chi connectivity index (χ2n) is 4.36. The van der Waals surface area contributed by atoms with Crippen LogP contribution in [0.2, 0.25) is 4.34 Å². The maximum absolute atomic E-state index is 12.2. The molecule has 0 saturated carbocycles. The molecule has 0 bridgehead atoms. The highest BCUT2D eigenvalue weighted by Gasteiger charge is 2.18. The summed E-state index contributed by atoms with van der Waals surface area (Å²) in [6.45, 7) is 0. The molecule has 0 atom stereocenters. The van der Waals surface area contributed by atoms with E-state index in [0.717, 1.165) is 11.3 Å². The molecule has 2 heterocycles. The maximum atomic E-state index is 12.2. The maximum Gasteiger partial charge on any atom is 0.271 e. The van der Waals surface area contributed by atoms with E-state index in [4.69, 9.17) is 17.3 Å². The van der Waals surface area contributed by atoms with Gasteiger partial charge in [-0.25, -0.2) is 8.42 Å². The summed E-state index contributed by atoms with van der Waals surface area (Å²) in [4.78, 5) is 11.3. The van der Waals surface area contributed by atoms with Crippen molar-refractivity contribution in [2.75, 3.05) is 4.72 Å². The lowest BCUT2D eigenvalue weighted by atomic mass is 10.2. The van der Waals surface area contributed by atoms with Crippen LogP contribution in [0.1, 0.15) is 10.5 Å². The number of benzene rings is 1. The number of H-pyrrole nitrogens is 1. The van der Waals surface area contributed by atoms with E-state index in [-0.39, 0.29) is 9.90 Å². The van der Waals surface area contributed by atoms with Crippen LogP contribution in [-0.4, -0.2) is 24.5 Å². The molecule has 0 aliphatic rings. The number of carbonyl (C=O) groups is 1. The van der Waals surface area contributed by atoms with Crippen LogP contribution in [0.4, 0.5) is 5.69 Å². The molecule has 7 nitrogen and oxygen atoms in total. The number of anilines is 1. The second kappa shape index (κ2) is 5.27. The van der Waals surface area contributed by atoms with E-state index in [0.29, 0.717) is 20.9 Å². The Bertz CT molecular complexity index is 977. The number of nitrogens with one attached hydrogen (secondary N) is 2. The number of thiophene rings is 1. The highest BCUT2D eigenvalue weighted by Crippen LogP contribution is 2.28. The van der Waals surface area contributed by atoms with Crippen molar-refractivity contribution in [1.29, 1.82) is 0 Å². The Labute approximate surface area is 134 Å². The zero-order valence-electron chi connectivity index (χ0n) is 10.8. The molecule has 0 fully saturated rings. The zero-order valence-corrected chi connectivity index (χ0v) is 13.2. The number of primary amides is 1. The molecule has 10 heteroatoms. The Balaban J connectivity index is 2.00. The van der Waals surface area contributed by atoms with Crippen molar-refractivity contribution < 1.29 is 13.2 Å². The minimum atomic E-state index is -3.74. The molecule has 22 heavy (non-hydrogen) atoms. The van der Waals surface area contributed by atoms with Crippen LogP contribution in [-0.2, 0) is 10.0 Å². The third kappa shape index (κ3) is 2.65. The van der Waals surface area contributed by atoms with Crippen molar-refractivity contribution in [1.82, 2.24) is 10.2 Å². The van der Waals surface area contributed by atoms with E-state index in [1.807, 2.05) is 0 Å². The Kier molecular flexibility index (Phi) is 3.55. The number of sulfonamides is 1. The van der Waals surface area contributed by atoms with Crippen LogP contribution in [0.15, 0.2) is 34.5 Å². The first kappa shape index (κ1) is 14.8. The topological polar surface area (TPSA) is 118 Å². The van der Waals surface area contributed by atoms with E-state index in [1.165, 1.54) is 18.2 Å². The van der Waals surface area contributed by atoms with Crippen LogP contribution >= 0.6 is 22.9 Å². The SMILES string of the molecule is NC(=O)c1n[nH]c2ccc(NS(=O)(=O)c3ccc(Cl)s3)cc12. The fourth-order valence-electron chi connectivity index (χ4n) is 1.91. The molecular weight excluding hydrogens is 348 g/mol. The van der Waals surface area contributed by atoms with Gasteiger partial charge in [-0.1, -0.05) is 11.6 Å². The monoisotopic (exact) mass is 356 g/mol. The largest absolute Gasteiger partial charge is 0.364 e. The number of fused-ring (bicyclic) bond motifs is 1. The van der Waals surface area contributed by atoms with Crippen LogP contribution in [0.5, 0.6) is 0 Å². The quantitative estimate of drug-likeness (QED) is 0.663. The number of aromatic amines is 1. The molecule has 1 amide bonds. The molecular formula is C12H9ClN4O3S2. The molecule has 1 aromatic carbocycles.